The highest BCUT2D eigenvalue weighted by Crippen LogP contribution is 2.12. The number of methoxy groups -OCH3 is 1. The lowest BCUT2D eigenvalue weighted by Crippen LogP contribution is -2.20. The quantitative estimate of drug-likeness (QED) is 0.221. The van der Waals surface area contributed by atoms with Crippen LogP contribution in [0.5, 0.6) is 0 Å². The Morgan fingerprint density at radius 3 is 1.52 bits per heavy atom. The first-order chi connectivity index (χ1) is 14.3. The van der Waals surface area contributed by atoms with E-state index in [0.717, 1.165) is 6.42 Å². The van der Waals surface area contributed by atoms with Gasteiger partial charge in [-0.3, -0.25) is 0 Å². The van der Waals surface area contributed by atoms with Gasteiger partial charge in [-0.05, 0) is 6.42 Å². The fourth-order valence-corrected chi connectivity index (χ4v) is 3.07. The predicted octanol–water partition coefficient (Wildman–Crippen LogP) is 4.37. The van der Waals surface area contributed by atoms with E-state index in [2.05, 4.69) is 6.92 Å². The Balaban J connectivity index is 3.27. The molecule has 6 nitrogen and oxygen atoms in total. The standard InChI is InChI=1S/C23H48O6/c1-3-4-5-6-7-8-9-10-11-12-13-23(25-2)22-29-21-20-28-19-18-27-17-16-26-15-14-24/h23-24H,3-22H2,1-2H3. The summed E-state index contributed by atoms with van der Waals surface area (Å²) in [5, 5.41) is 8.56. The molecule has 0 aliphatic carbocycles. The summed E-state index contributed by atoms with van der Waals surface area (Å²) in [5.74, 6) is 0. The zero-order chi connectivity index (χ0) is 21.3. The van der Waals surface area contributed by atoms with Crippen molar-refractivity contribution in [2.75, 3.05) is 66.6 Å². The summed E-state index contributed by atoms with van der Waals surface area (Å²) < 4.78 is 27.1. The summed E-state index contributed by atoms with van der Waals surface area (Å²) in [7, 11) is 1.77. The van der Waals surface area contributed by atoms with Gasteiger partial charge in [0.15, 0.2) is 0 Å². The summed E-state index contributed by atoms with van der Waals surface area (Å²) in [6.07, 6.45) is 14.8. The van der Waals surface area contributed by atoms with Crippen LogP contribution >= 0.6 is 0 Å². The first kappa shape index (κ1) is 28.8. The van der Waals surface area contributed by atoms with E-state index in [0.29, 0.717) is 52.9 Å². The maximum absolute atomic E-state index is 8.56. The monoisotopic (exact) mass is 420 g/mol. The third-order valence-electron chi connectivity index (χ3n) is 4.87. The van der Waals surface area contributed by atoms with E-state index in [1.165, 1.54) is 64.2 Å². The van der Waals surface area contributed by atoms with Crippen LogP contribution < -0.4 is 0 Å². The molecule has 29 heavy (non-hydrogen) atoms. The van der Waals surface area contributed by atoms with E-state index < -0.39 is 0 Å². The van der Waals surface area contributed by atoms with E-state index in [-0.39, 0.29) is 12.7 Å². The van der Waals surface area contributed by atoms with Crippen LogP contribution in [0.3, 0.4) is 0 Å². The van der Waals surface area contributed by atoms with Crippen molar-refractivity contribution in [1.29, 1.82) is 0 Å². The number of hydrogen-bond donors (Lipinski definition) is 1. The second-order valence-electron chi connectivity index (χ2n) is 7.46. The number of aliphatic hydroxyl groups is 1. The van der Waals surface area contributed by atoms with Gasteiger partial charge in [-0.1, -0.05) is 71.1 Å². The van der Waals surface area contributed by atoms with Crippen LogP contribution in [0, 0.1) is 0 Å². The minimum Gasteiger partial charge on any atom is -0.394 e. The zero-order valence-corrected chi connectivity index (χ0v) is 19.2. The van der Waals surface area contributed by atoms with Gasteiger partial charge in [0.05, 0.1) is 65.6 Å². The van der Waals surface area contributed by atoms with Gasteiger partial charge in [0.2, 0.25) is 0 Å². The molecule has 0 saturated heterocycles. The number of ether oxygens (including phenoxy) is 5. The van der Waals surface area contributed by atoms with Crippen LogP contribution in [0.15, 0.2) is 0 Å². The average Bonchev–Trinajstić information content (AvgIpc) is 2.74. The maximum atomic E-state index is 8.56. The van der Waals surface area contributed by atoms with Gasteiger partial charge >= 0.3 is 0 Å². The fraction of sp³-hybridized carbons (Fsp3) is 1.00. The molecular formula is C23H48O6. The van der Waals surface area contributed by atoms with Crippen LogP contribution in [-0.2, 0) is 23.7 Å². The molecular weight excluding hydrogens is 372 g/mol. The summed E-state index contributed by atoms with van der Waals surface area (Å²) in [6, 6.07) is 0. The second kappa shape index (κ2) is 25.8. The van der Waals surface area contributed by atoms with Crippen molar-refractivity contribution >= 4 is 0 Å². The Bertz CT molecular complexity index is 291. The first-order valence-electron chi connectivity index (χ1n) is 11.8. The molecule has 6 heteroatoms. The summed E-state index contributed by atoms with van der Waals surface area (Å²) in [5.41, 5.74) is 0. The molecule has 0 rings (SSSR count). The number of hydrogen-bond acceptors (Lipinski definition) is 6. The van der Waals surface area contributed by atoms with Gasteiger partial charge in [-0.2, -0.15) is 0 Å². The smallest absolute Gasteiger partial charge is 0.0804 e. The van der Waals surface area contributed by atoms with Gasteiger partial charge in [0.25, 0.3) is 0 Å². The number of unbranched alkanes of at least 4 members (excludes halogenated alkanes) is 9. The zero-order valence-electron chi connectivity index (χ0n) is 19.2. The molecule has 1 atom stereocenters. The lowest BCUT2D eigenvalue weighted by molar-refractivity contribution is -0.0290. The molecule has 1 unspecified atom stereocenters. The van der Waals surface area contributed by atoms with Gasteiger partial charge in [0.1, 0.15) is 0 Å². The Labute approximate surface area is 179 Å². The van der Waals surface area contributed by atoms with Gasteiger partial charge in [-0.25, -0.2) is 0 Å². The van der Waals surface area contributed by atoms with Gasteiger partial charge < -0.3 is 28.8 Å². The van der Waals surface area contributed by atoms with E-state index >= 15 is 0 Å². The van der Waals surface area contributed by atoms with E-state index in [9.17, 15) is 0 Å². The van der Waals surface area contributed by atoms with Crippen LogP contribution in [0.4, 0.5) is 0 Å². The van der Waals surface area contributed by atoms with Gasteiger partial charge in [0, 0.05) is 7.11 Å². The van der Waals surface area contributed by atoms with Crippen LogP contribution in [0.1, 0.15) is 77.6 Å². The molecule has 0 fully saturated rings. The Kier molecular flexibility index (Phi) is 25.6. The number of rotatable bonds is 25. The largest absolute Gasteiger partial charge is 0.394 e. The molecule has 0 spiro atoms. The normalized spacial score (nSPS) is 12.5. The highest BCUT2D eigenvalue weighted by Gasteiger charge is 2.07. The lowest BCUT2D eigenvalue weighted by Gasteiger charge is -2.15. The maximum Gasteiger partial charge on any atom is 0.0804 e. The Hall–Kier alpha value is -0.240. The molecule has 0 heterocycles. The predicted molar refractivity (Wildman–Crippen MR) is 118 cm³/mol. The molecule has 0 aromatic heterocycles. The molecule has 0 amide bonds. The van der Waals surface area contributed by atoms with Crippen molar-refractivity contribution in [2.24, 2.45) is 0 Å². The topological polar surface area (TPSA) is 66.4 Å². The first-order valence-corrected chi connectivity index (χ1v) is 11.8. The highest BCUT2D eigenvalue weighted by molar-refractivity contribution is 4.57. The van der Waals surface area contributed by atoms with Crippen LogP contribution in [-0.4, -0.2) is 77.8 Å². The Morgan fingerprint density at radius 1 is 0.586 bits per heavy atom. The molecule has 0 aromatic rings. The van der Waals surface area contributed by atoms with Gasteiger partial charge in [-0.15, -0.1) is 0 Å². The third kappa shape index (κ3) is 23.9. The molecule has 176 valence electrons. The van der Waals surface area contributed by atoms with Crippen LogP contribution in [0.2, 0.25) is 0 Å². The van der Waals surface area contributed by atoms with Crippen LogP contribution in [0.25, 0.3) is 0 Å². The third-order valence-corrected chi connectivity index (χ3v) is 4.87. The lowest BCUT2D eigenvalue weighted by atomic mass is 10.0. The molecule has 0 saturated carbocycles. The van der Waals surface area contributed by atoms with Crippen molar-refractivity contribution in [3.05, 3.63) is 0 Å². The fourth-order valence-electron chi connectivity index (χ4n) is 3.07. The van der Waals surface area contributed by atoms with Crippen molar-refractivity contribution in [2.45, 2.75) is 83.7 Å². The molecule has 1 N–H and O–H groups in total. The SMILES string of the molecule is CCCCCCCCCCCCC(COCCOCCOCCOCCO)OC. The molecule has 0 bridgehead atoms. The van der Waals surface area contributed by atoms with Crippen molar-refractivity contribution in [3.63, 3.8) is 0 Å². The average molecular weight is 421 g/mol. The second-order valence-corrected chi connectivity index (χ2v) is 7.46. The summed E-state index contributed by atoms with van der Waals surface area (Å²) in [4.78, 5) is 0. The van der Waals surface area contributed by atoms with Crippen molar-refractivity contribution in [3.8, 4) is 0 Å². The minimum atomic E-state index is 0.0479. The van der Waals surface area contributed by atoms with E-state index in [4.69, 9.17) is 28.8 Å². The highest BCUT2D eigenvalue weighted by atomic mass is 16.6. The summed E-state index contributed by atoms with van der Waals surface area (Å²) >= 11 is 0. The van der Waals surface area contributed by atoms with Crippen molar-refractivity contribution < 1.29 is 28.8 Å². The summed E-state index contributed by atoms with van der Waals surface area (Å²) in [6.45, 7) is 6.58. The molecule has 0 aliphatic heterocycles. The van der Waals surface area contributed by atoms with E-state index in [1.54, 1.807) is 7.11 Å². The minimum absolute atomic E-state index is 0.0479. The molecule has 0 aromatic carbocycles. The molecule has 0 radical (unpaired) electrons. The Morgan fingerprint density at radius 2 is 1.03 bits per heavy atom. The van der Waals surface area contributed by atoms with Crippen molar-refractivity contribution in [1.82, 2.24) is 0 Å². The van der Waals surface area contributed by atoms with E-state index in [1.807, 2.05) is 0 Å². The number of aliphatic hydroxyl groups excluding tert-OH is 1. The molecule has 0 aliphatic rings.